The van der Waals surface area contributed by atoms with E-state index in [1.54, 1.807) is 0 Å². The van der Waals surface area contributed by atoms with E-state index in [4.69, 9.17) is 0 Å². The van der Waals surface area contributed by atoms with Crippen molar-refractivity contribution in [1.82, 2.24) is 0 Å². The first-order valence-electron chi connectivity index (χ1n) is 4.43. The van der Waals surface area contributed by atoms with Crippen LogP contribution in [0.2, 0.25) is 24.2 Å². The van der Waals surface area contributed by atoms with Crippen LogP contribution in [0.25, 0.3) is 0 Å². The molecule has 0 heterocycles. The van der Waals surface area contributed by atoms with Gasteiger partial charge < -0.3 is 0 Å². The zero-order chi connectivity index (χ0) is 8.91. The average molecular weight is 235 g/mol. The molecule has 0 aliphatic heterocycles. The highest BCUT2D eigenvalue weighted by Crippen LogP contribution is 2.29. The Labute approximate surface area is 80.2 Å². The topological polar surface area (TPSA) is 0 Å². The molecule has 0 atom stereocenters. The van der Waals surface area contributed by atoms with Gasteiger partial charge in [0, 0.05) is 0 Å². The molecule has 0 radical (unpaired) electrons. The van der Waals surface area contributed by atoms with E-state index in [-0.39, 0.29) is 0 Å². The van der Waals surface area contributed by atoms with Gasteiger partial charge in [-0.2, -0.15) is 0 Å². The Morgan fingerprint density at radius 3 is 1.64 bits per heavy atom. The summed E-state index contributed by atoms with van der Waals surface area (Å²) in [5.41, 5.74) is 0. The van der Waals surface area contributed by atoms with Gasteiger partial charge in [-0.05, 0) is 10.5 Å². The maximum atomic E-state index is 3.94. The summed E-state index contributed by atoms with van der Waals surface area (Å²) < 4.78 is 1.20. The lowest BCUT2D eigenvalue weighted by atomic mass is 10.7. The average Bonchev–Trinajstić information content (AvgIpc) is 2.00. The Balaban J connectivity index is 4.16. The molecule has 0 N–H and O–H groups in total. The summed E-state index contributed by atoms with van der Waals surface area (Å²) in [6.45, 7) is 10.9. The van der Waals surface area contributed by atoms with Crippen molar-refractivity contribution in [1.29, 1.82) is 0 Å². The molecule has 0 saturated carbocycles. The van der Waals surface area contributed by atoms with E-state index in [0.29, 0.717) is 0 Å². The summed E-state index contributed by atoms with van der Waals surface area (Å²) in [6.07, 6.45) is 0. The van der Waals surface area contributed by atoms with Crippen molar-refractivity contribution in [2.24, 2.45) is 0 Å². The molecule has 11 heavy (non-hydrogen) atoms. The predicted molar refractivity (Wildman–Crippen MR) is 60.1 cm³/mol. The van der Waals surface area contributed by atoms with Crippen LogP contribution in [0.15, 0.2) is 11.1 Å². The maximum Gasteiger partial charge on any atom is 0.0577 e. The first kappa shape index (κ1) is 11.4. The highest BCUT2D eigenvalue weighted by molar-refractivity contribution is 9.11. The summed E-state index contributed by atoms with van der Waals surface area (Å²) in [5, 5.41) is 0. The molecule has 0 unspecified atom stereocenters. The third kappa shape index (κ3) is 3.56. The number of halogens is 1. The lowest BCUT2D eigenvalue weighted by molar-refractivity contribution is 1.14. The van der Waals surface area contributed by atoms with Crippen LogP contribution in [0.3, 0.4) is 0 Å². The Morgan fingerprint density at radius 1 is 1.18 bits per heavy atom. The summed E-state index contributed by atoms with van der Waals surface area (Å²) in [6, 6.07) is 5.44. The van der Waals surface area contributed by atoms with E-state index in [0.717, 1.165) is 0 Å². The fourth-order valence-corrected chi connectivity index (χ4v) is 6.38. The minimum atomic E-state index is -0.927. The summed E-state index contributed by atoms with van der Waals surface area (Å²) >= 11 is 3.47. The van der Waals surface area contributed by atoms with Gasteiger partial charge in [0.15, 0.2) is 0 Å². The second-order valence-electron chi connectivity index (χ2n) is 3.25. The van der Waals surface area contributed by atoms with Gasteiger partial charge in [-0.1, -0.05) is 61.4 Å². The molecule has 0 nitrogen and oxygen atoms in total. The fourth-order valence-electron chi connectivity index (χ4n) is 1.53. The largest absolute Gasteiger partial charge is 0.0892 e. The van der Waals surface area contributed by atoms with E-state index in [2.05, 4.69) is 43.3 Å². The quantitative estimate of drug-likeness (QED) is 0.619. The molecule has 2 heteroatoms. The minimum absolute atomic E-state index is 0.927. The maximum absolute atomic E-state index is 3.94. The summed E-state index contributed by atoms with van der Waals surface area (Å²) in [5.74, 6) is 0. The molecule has 0 fully saturated rings. The molecule has 0 rings (SSSR count). The van der Waals surface area contributed by atoms with Gasteiger partial charge in [-0.15, -0.1) is 0 Å². The van der Waals surface area contributed by atoms with Crippen molar-refractivity contribution in [3.05, 3.63) is 11.1 Å². The van der Waals surface area contributed by atoms with Gasteiger partial charge in [-0.3, -0.25) is 0 Å². The van der Waals surface area contributed by atoms with E-state index in [1.807, 2.05) is 0 Å². The molecule has 66 valence electrons. The third-order valence-electron chi connectivity index (χ3n) is 2.82. The van der Waals surface area contributed by atoms with Crippen LogP contribution in [-0.2, 0) is 0 Å². The number of hydrogen-bond acceptors (Lipinski definition) is 0. The van der Waals surface area contributed by atoms with E-state index in [9.17, 15) is 0 Å². The van der Waals surface area contributed by atoms with Crippen LogP contribution in [0.1, 0.15) is 20.8 Å². The zero-order valence-electron chi connectivity index (χ0n) is 7.91. The predicted octanol–water partition coefficient (Wildman–Crippen LogP) is 4.40. The Kier molecular flexibility index (Phi) is 5.35. The lowest BCUT2D eigenvalue weighted by Gasteiger charge is -2.27. The van der Waals surface area contributed by atoms with Crippen molar-refractivity contribution >= 4 is 24.0 Å². The SMILES string of the molecule is C=C(Br)C[Si](CC)(CC)CC. The smallest absolute Gasteiger partial charge is 0.0577 e. The second kappa shape index (κ2) is 5.15. The van der Waals surface area contributed by atoms with Crippen LogP contribution < -0.4 is 0 Å². The Morgan fingerprint density at radius 2 is 1.55 bits per heavy atom. The summed E-state index contributed by atoms with van der Waals surface area (Å²) in [7, 11) is -0.927. The lowest BCUT2D eigenvalue weighted by Crippen LogP contribution is -2.30. The van der Waals surface area contributed by atoms with Crippen molar-refractivity contribution in [3.63, 3.8) is 0 Å². The van der Waals surface area contributed by atoms with Crippen LogP contribution in [0, 0.1) is 0 Å². The molecule has 0 aromatic carbocycles. The second-order valence-corrected chi connectivity index (χ2v) is 9.85. The number of rotatable bonds is 5. The van der Waals surface area contributed by atoms with E-state index < -0.39 is 8.07 Å². The van der Waals surface area contributed by atoms with Crippen molar-refractivity contribution in [2.45, 2.75) is 44.9 Å². The van der Waals surface area contributed by atoms with Gasteiger partial charge in [0.1, 0.15) is 0 Å². The molecular formula is C9H19BrSi. The molecule has 0 bridgehead atoms. The summed E-state index contributed by atoms with van der Waals surface area (Å²) in [4.78, 5) is 0. The van der Waals surface area contributed by atoms with Gasteiger partial charge in [-0.25, -0.2) is 0 Å². The minimum Gasteiger partial charge on any atom is -0.0892 e. The molecule has 0 aliphatic rings. The molecule has 0 aromatic rings. The fraction of sp³-hybridized carbons (Fsp3) is 0.778. The Bertz CT molecular complexity index is 119. The molecule has 0 aliphatic carbocycles. The van der Waals surface area contributed by atoms with Crippen molar-refractivity contribution in [3.8, 4) is 0 Å². The van der Waals surface area contributed by atoms with Gasteiger partial charge in [0.25, 0.3) is 0 Å². The molecular weight excluding hydrogens is 216 g/mol. The van der Waals surface area contributed by atoms with Gasteiger partial charge >= 0.3 is 0 Å². The van der Waals surface area contributed by atoms with Crippen molar-refractivity contribution in [2.75, 3.05) is 0 Å². The van der Waals surface area contributed by atoms with Gasteiger partial charge in [0.2, 0.25) is 0 Å². The molecule has 0 saturated heterocycles. The zero-order valence-corrected chi connectivity index (χ0v) is 10.5. The highest BCUT2D eigenvalue weighted by Gasteiger charge is 2.26. The number of hydrogen-bond donors (Lipinski definition) is 0. The van der Waals surface area contributed by atoms with Crippen LogP contribution >= 0.6 is 15.9 Å². The first-order valence-corrected chi connectivity index (χ1v) is 8.05. The Hall–Kier alpha value is 0.437. The van der Waals surface area contributed by atoms with Crippen molar-refractivity contribution < 1.29 is 0 Å². The standard InChI is InChI=1S/C9H19BrSi/c1-5-11(6-2,7-3)8-9(4)10/h4-8H2,1-3H3. The van der Waals surface area contributed by atoms with E-state index >= 15 is 0 Å². The molecule has 0 aromatic heterocycles. The van der Waals surface area contributed by atoms with Gasteiger partial charge in [0.05, 0.1) is 8.07 Å². The van der Waals surface area contributed by atoms with Crippen LogP contribution in [-0.4, -0.2) is 8.07 Å². The molecule has 0 spiro atoms. The third-order valence-corrected chi connectivity index (χ3v) is 9.29. The first-order chi connectivity index (χ1) is 5.10. The van der Waals surface area contributed by atoms with Crippen LogP contribution in [0.5, 0.6) is 0 Å². The van der Waals surface area contributed by atoms with Crippen LogP contribution in [0.4, 0.5) is 0 Å². The number of allylic oxidation sites excluding steroid dienone is 1. The highest BCUT2D eigenvalue weighted by atomic mass is 79.9. The monoisotopic (exact) mass is 234 g/mol. The normalized spacial score (nSPS) is 11.6. The molecule has 0 amide bonds. The van der Waals surface area contributed by atoms with E-state index in [1.165, 1.54) is 28.7 Å².